The highest BCUT2D eigenvalue weighted by Crippen LogP contribution is 2.24. The van der Waals surface area contributed by atoms with E-state index in [1.54, 1.807) is 11.6 Å². The average Bonchev–Trinajstić information content (AvgIpc) is 3.08. The number of aromatic nitrogens is 2. The van der Waals surface area contributed by atoms with Crippen LogP contribution in [0.15, 0.2) is 17.2 Å². The minimum atomic E-state index is -0.143. The number of carbonyl (C=O) groups is 1. The second-order valence-corrected chi connectivity index (χ2v) is 7.95. The molecule has 0 aromatic carbocycles. The van der Waals surface area contributed by atoms with E-state index in [-0.39, 0.29) is 17.5 Å². The Morgan fingerprint density at radius 1 is 1.21 bits per heavy atom. The van der Waals surface area contributed by atoms with Crippen LogP contribution in [-0.2, 0) is 18.3 Å². The number of amides is 1. The predicted octanol–water partition coefficient (Wildman–Crippen LogP) is 3.53. The molecule has 0 radical (unpaired) electrons. The van der Waals surface area contributed by atoms with Gasteiger partial charge in [0.1, 0.15) is 0 Å². The molecule has 1 aliphatic carbocycles. The van der Waals surface area contributed by atoms with Crippen molar-refractivity contribution in [3.63, 3.8) is 0 Å². The lowest BCUT2D eigenvalue weighted by Crippen LogP contribution is -2.39. The zero-order chi connectivity index (χ0) is 20.3. The molecule has 1 N–H and O–H groups in total. The third-order valence-corrected chi connectivity index (χ3v) is 5.82. The van der Waals surface area contributed by atoms with E-state index in [0.29, 0.717) is 17.1 Å². The van der Waals surface area contributed by atoms with Crippen molar-refractivity contribution in [2.24, 2.45) is 7.05 Å². The number of pyridine rings is 1. The van der Waals surface area contributed by atoms with Gasteiger partial charge in [0.05, 0.1) is 22.6 Å². The molecule has 3 rings (SSSR count). The second-order valence-electron chi connectivity index (χ2n) is 7.95. The van der Waals surface area contributed by atoms with Gasteiger partial charge in [-0.25, -0.2) is 0 Å². The Labute approximate surface area is 166 Å². The summed E-state index contributed by atoms with van der Waals surface area (Å²) in [6, 6.07) is 0.146. The molecule has 6 heteroatoms. The number of ether oxygens (including phenoxy) is 1. The number of carbonyl (C=O) groups excluding carboxylic acids is 1. The maximum absolute atomic E-state index is 13.0. The van der Waals surface area contributed by atoms with Gasteiger partial charge in [-0.05, 0) is 51.5 Å². The number of hydrogen-bond acceptors (Lipinski definition) is 3. The van der Waals surface area contributed by atoms with Gasteiger partial charge in [0, 0.05) is 38.6 Å². The van der Waals surface area contributed by atoms with Crippen molar-refractivity contribution in [1.29, 1.82) is 0 Å². The van der Waals surface area contributed by atoms with Crippen LogP contribution in [0.25, 0.3) is 10.9 Å². The zero-order valence-corrected chi connectivity index (χ0v) is 17.6. The first-order valence-electron chi connectivity index (χ1n) is 10.6. The number of unbranched alkanes of at least 4 members (excludes halogenated alkanes) is 1. The molecule has 1 amide bonds. The molecule has 0 bridgehead atoms. The Morgan fingerprint density at radius 2 is 1.93 bits per heavy atom. The average molecular weight is 388 g/mol. The fourth-order valence-electron chi connectivity index (χ4n) is 4.24. The highest BCUT2D eigenvalue weighted by Gasteiger charge is 2.25. The number of rotatable bonds is 7. The van der Waals surface area contributed by atoms with Crippen LogP contribution in [0.1, 0.15) is 68.3 Å². The molecule has 0 atom stereocenters. The van der Waals surface area contributed by atoms with E-state index in [1.807, 2.05) is 30.8 Å². The monoisotopic (exact) mass is 387 g/mol. The van der Waals surface area contributed by atoms with Crippen LogP contribution in [-0.4, -0.2) is 33.8 Å². The van der Waals surface area contributed by atoms with Crippen molar-refractivity contribution in [3.05, 3.63) is 33.9 Å². The van der Waals surface area contributed by atoms with Crippen molar-refractivity contribution in [2.75, 3.05) is 6.61 Å². The van der Waals surface area contributed by atoms with Crippen molar-refractivity contribution in [1.82, 2.24) is 14.5 Å². The van der Waals surface area contributed by atoms with Gasteiger partial charge in [-0.2, -0.15) is 0 Å². The molecule has 2 aromatic heterocycles. The molecular formula is C22H33N3O3. The van der Waals surface area contributed by atoms with Crippen LogP contribution >= 0.6 is 0 Å². The van der Waals surface area contributed by atoms with Crippen LogP contribution in [0.2, 0.25) is 0 Å². The smallest absolute Gasteiger partial charge is 0.260 e. The van der Waals surface area contributed by atoms with Crippen LogP contribution in [0, 0.1) is 6.92 Å². The molecule has 2 aromatic rings. The van der Waals surface area contributed by atoms with Crippen LogP contribution in [0.4, 0.5) is 0 Å². The number of nitrogens with one attached hydrogen (secondary N) is 1. The first-order valence-corrected chi connectivity index (χ1v) is 10.6. The second kappa shape index (κ2) is 8.95. The topological polar surface area (TPSA) is 65.3 Å². The quantitative estimate of drug-likeness (QED) is 0.739. The minimum absolute atomic E-state index is 0.119. The summed E-state index contributed by atoms with van der Waals surface area (Å²) in [5, 5.41) is 3.69. The largest absolute Gasteiger partial charge is 0.378 e. The number of hydrogen-bond donors (Lipinski definition) is 1. The molecule has 28 heavy (non-hydrogen) atoms. The van der Waals surface area contributed by atoms with Gasteiger partial charge in [-0.15, -0.1) is 0 Å². The zero-order valence-electron chi connectivity index (χ0n) is 17.6. The lowest BCUT2D eigenvalue weighted by atomic mass is 9.92. The molecule has 0 unspecified atom stereocenters. The summed E-state index contributed by atoms with van der Waals surface area (Å²) < 4.78 is 9.48. The molecule has 2 heterocycles. The Balaban J connectivity index is 1.74. The highest BCUT2D eigenvalue weighted by molar-refractivity contribution is 6.07. The molecule has 6 nitrogen and oxygen atoms in total. The third-order valence-electron chi connectivity index (χ3n) is 5.82. The molecule has 1 saturated carbocycles. The summed E-state index contributed by atoms with van der Waals surface area (Å²) >= 11 is 0. The van der Waals surface area contributed by atoms with E-state index >= 15 is 0 Å². The SMILES string of the molecule is CCCCOC1CCC(NC(=O)c2cn(CC)c3c(C)cn(C)c(=O)c23)CC1. The van der Waals surface area contributed by atoms with E-state index in [2.05, 4.69) is 12.2 Å². The fraction of sp³-hybridized carbons (Fsp3) is 0.636. The molecular weight excluding hydrogens is 354 g/mol. The van der Waals surface area contributed by atoms with Gasteiger partial charge in [0.2, 0.25) is 0 Å². The third kappa shape index (κ3) is 4.17. The summed E-state index contributed by atoms with van der Waals surface area (Å²) in [5.74, 6) is -0.143. The normalized spacial score (nSPS) is 19.9. The molecule has 0 spiro atoms. The Bertz CT molecular complexity index is 889. The van der Waals surface area contributed by atoms with Gasteiger partial charge >= 0.3 is 0 Å². The van der Waals surface area contributed by atoms with E-state index in [9.17, 15) is 9.59 Å². The lowest BCUT2D eigenvalue weighted by Gasteiger charge is -2.29. The van der Waals surface area contributed by atoms with E-state index in [0.717, 1.165) is 62.8 Å². The first kappa shape index (κ1) is 20.6. The number of fused-ring (bicyclic) bond motifs is 1. The first-order chi connectivity index (χ1) is 13.5. The molecule has 1 fully saturated rings. The standard InChI is InChI=1S/C22H33N3O3/c1-5-7-12-28-17-10-8-16(9-11-17)23-21(26)18-14-25(6-2)20-15(3)13-24(4)22(27)19(18)20/h13-14,16-17H,5-12H2,1-4H3,(H,23,26). The van der Waals surface area contributed by atoms with E-state index in [4.69, 9.17) is 4.74 Å². The minimum Gasteiger partial charge on any atom is -0.378 e. The summed E-state index contributed by atoms with van der Waals surface area (Å²) in [6.07, 6.45) is 10.0. The fourth-order valence-corrected chi connectivity index (χ4v) is 4.24. The van der Waals surface area contributed by atoms with Crippen molar-refractivity contribution < 1.29 is 9.53 Å². The highest BCUT2D eigenvalue weighted by atomic mass is 16.5. The molecule has 154 valence electrons. The van der Waals surface area contributed by atoms with Gasteiger partial charge in [0.15, 0.2) is 0 Å². The summed E-state index contributed by atoms with van der Waals surface area (Å²) in [7, 11) is 1.74. The Kier molecular flexibility index (Phi) is 6.60. The van der Waals surface area contributed by atoms with Crippen molar-refractivity contribution in [2.45, 2.75) is 78.0 Å². The molecule has 1 aliphatic rings. The number of aryl methyl sites for hydroxylation is 3. The lowest BCUT2D eigenvalue weighted by molar-refractivity contribution is 0.0209. The molecule has 0 saturated heterocycles. The van der Waals surface area contributed by atoms with Crippen LogP contribution in [0.3, 0.4) is 0 Å². The van der Waals surface area contributed by atoms with E-state index in [1.165, 1.54) is 0 Å². The predicted molar refractivity (Wildman–Crippen MR) is 112 cm³/mol. The summed E-state index contributed by atoms with van der Waals surface area (Å²) in [4.78, 5) is 25.8. The van der Waals surface area contributed by atoms with E-state index < -0.39 is 0 Å². The van der Waals surface area contributed by atoms with Gasteiger partial charge in [-0.3, -0.25) is 9.59 Å². The molecule has 0 aliphatic heterocycles. The number of nitrogens with zero attached hydrogens (tertiary/aromatic N) is 2. The Hall–Kier alpha value is -2.08. The van der Waals surface area contributed by atoms with Crippen molar-refractivity contribution >= 4 is 16.8 Å². The van der Waals surface area contributed by atoms with Gasteiger partial charge in [-0.1, -0.05) is 13.3 Å². The van der Waals surface area contributed by atoms with Gasteiger partial charge < -0.3 is 19.2 Å². The maximum Gasteiger partial charge on any atom is 0.260 e. The van der Waals surface area contributed by atoms with Crippen LogP contribution < -0.4 is 10.9 Å². The Morgan fingerprint density at radius 3 is 2.57 bits per heavy atom. The van der Waals surface area contributed by atoms with Gasteiger partial charge in [0.25, 0.3) is 11.5 Å². The van der Waals surface area contributed by atoms with Crippen molar-refractivity contribution in [3.8, 4) is 0 Å². The maximum atomic E-state index is 13.0. The summed E-state index contributed by atoms with van der Waals surface area (Å²) in [5.41, 5.74) is 2.24. The van der Waals surface area contributed by atoms with Crippen LogP contribution in [0.5, 0.6) is 0 Å². The summed E-state index contributed by atoms with van der Waals surface area (Å²) in [6.45, 7) is 7.72.